The molecule has 0 spiro atoms. The van der Waals surface area contributed by atoms with Crippen molar-refractivity contribution in [3.63, 3.8) is 0 Å². The van der Waals surface area contributed by atoms with Crippen molar-refractivity contribution < 1.29 is 18.7 Å². The number of Topliss-reactive ketones (excluding diaryl/α,β-unsaturated/α-hetero) is 1. The van der Waals surface area contributed by atoms with Crippen LogP contribution in [0.4, 0.5) is 4.39 Å². The molecule has 0 saturated carbocycles. The second-order valence-corrected chi connectivity index (χ2v) is 5.98. The van der Waals surface area contributed by atoms with E-state index in [0.717, 1.165) is 0 Å². The van der Waals surface area contributed by atoms with Crippen LogP contribution in [0.3, 0.4) is 0 Å². The number of halogens is 2. The molecule has 0 aliphatic carbocycles. The third kappa shape index (κ3) is 6.19. The highest BCUT2D eigenvalue weighted by Crippen LogP contribution is 2.15. The van der Waals surface area contributed by atoms with Gasteiger partial charge in [-0.25, -0.2) is 4.39 Å². The van der Waals surface area contributed by atoms with Gasteiger partial charge in [-0.15, -0.1) is 0 Å². The molecule has 2 rings (SSSR count). The Hall–Kier alpha value is -2.40. The van der Waals surface area contributed by atoms with Gasteiger partial charge in [-0.2, -0.15) is 0 Å². The predicted octanol–water partition coefficient (Wildman–Crippen LogP) is 3.98. The van der Waals surface area contributed by atoms with E-state index in [1.807, 2.05) is 0 Å². The van der Waals surface area contributed by atoms with Crippen molar-refractivity contribution in [2.45, 2.75) is 12.8 Å². The van der Waals surface area contributed by atoms with E-state index >= 15 is 0 Å². The lowest BCUT2D eigenvalue weighted by Gasteiger charge is -2.17. The SMILES string of the molecule is CN(CCOc1ccc(Cl)cc1)C(=O)CCC(=O)c1ccc(F)cc1. The molecule has 6 heteroatoms. The van der Waals surface area contributed by atoms with Gasteiger partial charge in [-0.1, -0.05) is 11.6 Å². The third-order valence-electron chi connectivity index (χ3n) is 3.67. The maximum atomic E-state index is 12.8. The minimum Gasteiger partial charge on any atom is -0.492 e. The van der Waals surface area contributed by atoms with Crippen molar-refractivity contribution in [1.82, 2.24) is 4.90 Å². The molecule has 0 bridgehead atoms. The van der Waals surface area contributed by atoms with Gasteiger partial charge in [0.05, 0.1) is 6.54 Å². The van der Waals surface area contributed by atoms with E-state index in [1.165, 1.54) is 29.2 Å². The van der Waals surface area contributed by atoms with Crippen LogP contribution < -0.4 is 4.74 Å². The molecule has 2 aromatic carbocycles. The smallest absolute Gasteiger partial charge is 0.222 e. The van der Waals surface area contributed by atoms with Crippen LogP contribution >= 0.6 is 11.6 Å². The first-order chi connectivity index (χ1) is 12.0. The van der Waals surface area contributed by atoms with Crippen molar-refractivity contribution >= 4 is 23.3 Å². The van der Waals surface area contributed by atoms with E-state index < -0.39 is 5.82 Å². The Bertz CT molecular complexity index is 716. The van der Waals surface area contributed by atoms with Gasteiger partial charge in [-0.3, -0.25) is 9.59 Å². The number of carbonyl (C=O) groups is 2. The standard InChI is InChI=1S/C19H19ClFNO3/c1-22(12-13-25-17-8-4-15(20)5-9-17)19(24)11-10-18(23)14-2-6-16(21)7-3-14/h2-9H,10-13H2,1H3. The van der Waals surface area contributed by atoms with Gasteiger partial charge in [0.1, 0.15) is 18.2 Å². The Morgan fingerprint density at radius 1 is 1.04 bits per heavy atom. The minimum absolute atomic E-state index is 0.0901. The summed E-state index contributed by atoms with van der Waals surface area (Å²) in [5.41, 5.74) is 0.405. The number of amides is 1. The van der Waals surface area contributed by atoms with E-state index in [9.17, 15) is 14.0 Å². The normalized spacial score (nSPS) is 10.4. The molecule has 25 heavy (non-hydrogen) atoms. The van der Waals surface area contributed by atoms with Gasteiger partial charge in [0.2, 0.25) is 5.91 Å². The molecule has 0 saturated heterocycles. The second kappa shape index (κ2) is 9.18. The maximum Gasteiger partial charge on any atom is 0.222 e. The lowest BCUT2D eigenvalue weighted by Crippen LogP contribution is -2.31. The number of ether oxygens (including phenoxy) is 1. The molecule has 132 valence electrons. The summed E-state index contributed by atoms with van der Waals surface area (Å²) in [6, 6.07) is 12.3. The van der Waals surface area contributed by atoms with Crippen molar-refractivity contribution in [1.29, 1.82) is 0 Å². The minimum atomic E-state index is -0.395. The summed E-state index contributed by atoms with van der Waals surface area (Å²) in [7, 11) is 1.66. The van der Waals surface area contributed by atoms with Crippen LogP contribution in [0.2, 0.25) is 5.02 Å². The molecule has 4 nitrogen and oxygen atoms in total. The molecule has 0 unspecified atom stereocenters. The molecule has 2 aromatic rings. The first-order valence-electron chi connectivity index (χ1n) is 7.87. The van der Waals surface area contributed by atoms with Gasteiger partial charge in [-0.05, 0) is 48.5 Å². The Labute approximate surface area is 151 Å². The zero-order chi connectivity index (χ0) is 18.2. The van der Waals surface area contributed by atoms with Crippen LogP contribution in [-0.2, 0) is 4.79 Å². The highest BCUT2D eigenvalue weighted by molar-refractivity contribution is 6.30. The van der Waals surface area contributed by atoms with Crippen molar-refractivity contribution in [3.8, 4) is 5.75 Å². The van der Waals surface area contributed by atoms with E-state index in [2.05, 4.69) is 0 Å². The number of ketones is 1. The molecule has 0 N–H and O–H groups in total. The lowest BCUT2D eigenvalue weighted by molar-refractivity contribution is -0.130. The van der Waals surface area contributed by atoms with Gasteiger partial charge in [0.25, 0.3) is 0 Å². The molecule has 0 fully saturated rings. The average molecular weight is 364 g/mol. The number of hydrogen-bond donors (Lipinski definition) is 0. The zero-order valence-electron chi connectivity index (χ0n) is 13.9. The van der Waals surface area contributed by atoms with Gasteiger partial charge < -0.3 is 9.64 Å². The number of hydrogen-bond acceptors (Lipinski definition) is 3. The molecule has 1 amide bonds. The topological polar surface area (TPSA) is 46.6 Å². The fraction of sp³-hybridized carbons (Fsp3) is 0.263. The Balaban J connectivity index is 1.71. The van der Waals surface area contributed by atoms with Gasteiger partial charge >= 0.3 is 0 Å². The van der Waals surface area contributed by atoms with Crippen molar-refractivity contribution in [3.05, 3.63) is 64.9 Å². The summed E-state index contributed by atoms with van der Waals surface area (Å²) in [6.45, 7) is 0.752. The van der Waals surface area contributed by atoms with Crippen LogP contribution in [-0.4, -0.2) is 36.8 Å². The fourth-order valence-corrected chi connectivity index (χ4v) is 2.27. The Kier molecular flexibility index (Phi) is 6.95. The highest BCUT2D eigenvalue weighted by atomic mass is 35.5. The fourth-order valence-electron chi connectivity index (χ4n) is 2.15. The van der Waals surface area contributed by atoms with Crippen LogP contribution in [0.5, 0.6) is 5.75 Å². The molecule has 0 aliphatic rings. The summed E-state index contributed by atoms with van der Waals surface area (Å²) in [5, 5.41) is 0.630. The summed E-state index contributed by atoms with van der Waals surface area (Å²) in [4.78, 5) is 25.6. The summed E-state index contributed by atoms with van der Waals surface area (Å²) in [5.74, 6) is -0.0425. The van der Waals surface area contributed by atoms with E-state index in [-0.39, 0.29) is 24.5 Å². The third-order valence-corrected chi connectivity index (χ3v) is 3.92. The molecular formula is C19H19ClFNO3. The molecule has 0 radical (unpaired) electrons. The summed E-state index contributed by atoms with van der Waals surface area (Å²) < 4.78 is 18.4. The molecule has 0 aliphatic heterocycles. The maximum absolute atomic E-state index is 12.8. The predicted molar refractivity (Wildman–Crippen MR) is 94.5 cm³/mol. The zero-order valence-corrected chi connectivity index (χ0v) is 14.6. The first kappa shape index (κ1) is 18.9. The molecule has 0 heterocycles. The van der Waals surface area contributed by atoms with E-state index in [1.54, 1.807) is 31.3 Å². The molecular weight excluding hydrogens is 345 g/mol. The van der Waals surface area contributed by atoms with Crippen LogP contribution in [0.25, 0.3) is 0 Å². The summed E-state index contributed by atoms with van der Waals surface area (Å²) in [6.07, 6.45) is 0.195. The number of rotatable bonds is 8. The van der Waals surface area contributed by atoms with Crippen molar-refractivity contribution in [2.24, 2.45) is 0 Å². The van der Waals surface area contributed by atoms with Crippen LogP contribution in [0.15, 0.2) is 48.5 Å². The number of benzene rings is 2. The number of likely N-dealkylation sites (N-methyl/N-ethyl adjacent to an activating group) is 1. The van der Waals surface area contributed by atoms with Gasteiger partial charge in [0, 0.05) is 30.5 Å². The quantitative estimate of drug-likeness (QED) is 0.666. The Morgan fingerprint density at radius 2 is 1.68 bits per heavy atom. The number of nitrogens with zero attached hydrogens (tertiary/aromatic N) is 1. The second-order valence-electron chi connectivity index (χ2n) is 5.55. The highest BCUT2D eigenvalue weighted by Gasteiger charge is 2.13. The van der Waals surface area contributed by atoms with E-state index in [4.69, 9.17) is 16.3 Å². The van der Waals surface area contributed by atoms with E-state index in [0.29, 0.717) is 29.5 Å². The molecule has 0 aromatic heterocycles. The van der Waals surface area contributed by atoms with Crippen molar-refractivity contribution in [2.75, 3.05) is 20.2 Å². The van der Waals surface area contributed by atoms with Gasteiger partial charge in [0.15, 0.2) is 5.78 Å². The first-order valence-corrected chi connectivity index (χ1v) is 8.24. The largest absolute Gasteiger partial charge is 0.492 e. The molecule has 0 atom stereocenters. The monoisotopic (exact) mass is 363 g/mol. The Morgan fingerprint density at radius 3 is 2.32 bits per heavy atom. The average Bonchev–Trinajstić information content (AvgIpc) is 2.61. The van der Waals surface area contributed by atoms with Crippen LogP contribution in [0, 0.1) is 5.82 Å². The van der Waals surface area contributed by atoms with Crippen LogP contribution in [0.1, 0.15) is 23.2 Å². The summed E-state index contributed by atoms with van der Waals surface area (Å²) >= 11 is 5.80. The number of carbonyl (C=O) groups excluding carboxylic acids is 2. The lowest BCUT2D eigenvalue weighted by atomic mass is 10.1.